The van der Waals surface area contributed by atoms with Crippen molar-refractivity contribution in [1.82, 2.24) is 15.3 Å². The fraction of sp³-hybridized carbons (Fsp3) is 0.353. The second kappa shape index (κ2) is 7.02. The van der Waals surface area contributed by atoms with Gasteiger partial charge in [0, 0.05) is 5.69 Å². The molecule has 0 spiro atoms. The van der Waals surface area contributed by atoms with Crippen LogP contribution in [0.3, 0.4) is 0 Å². The average Bonchev–Trinajstić information content (AvgIpc) is 2.49. The van der Waals surface area contributed by atoms with Crippen LogP contribution >= 0.6 is 0 Å². The fourth-order valence-corrected chi connectivity index (χ4v) is 2.02. The minimum Gasteiger partial charge on any atom is -0.481 e. The highest BCUT2D eigenvalue weighted by Crippen LogP contribution is 2.21. The first-order valence-corrected chi connectivity index (χ1v) is 7.25. The molecule has 0 bridgehead atoms. The SMILES string of the molecule is Cc1cc(CNC(=O)C(C)Oc2cccc(C)c2C)ncn1. The smallest absolute Gasteiger partial charge is 0.261 e. The lowest BCUT2D eigenvalue weighted by Crippen LogP contribution is -2.36. The number of aromatic nitrogens is 2. The van der Waals surface area contributed by atoms with E-state index in [-0.39, 0.29) is 5.91 Å². The zero-order valence-corrected chi connectivity index (χ0v) is 13.4. The Labute approximate surface area is 130 Å². The number of amides is 1. The van der Waals surface area contributed by atoms with Gasteiger partial charge >= 0.3 is 0 Å². The zero-order valence-electron chi connectivity index (χ0n) is 13.4. The van der Waals surface area contributed by atoms with Gasteiger partial charge in [-0.15, -0.1) is 0 Å². The van der Waals surface area contributed by atoms with Crippen LogP contribution in [0, 0.1) is 20.8 Å². The van der Waals surface area contributed by atoms with Crippen molar-refractivity contribution in [3.8, 4) is 5.75 Å². The van der Waals surface area contributed by atoms with Crippen molar-refractivity contribution in [2.45, 2.75) is 40.3 Å². The van der Waals surface area contributed by atoms with Crippen LogP contribution < -0.4 is 10.1 Å². The quantitative estimate of drug-likeness (QED) is 0.921. The maximum Gasteiger partial charge on any atom is 0.261 e. The van der Waals surface area contributed by atoms with Crippen molar-refractivity contribution in [3.05, 3.63) is 53.1 Å². The van der Waals surface area contributed by atoms with Gasteiger partial charge < -0.3 is 10.1 Å². The predicted molar refractivity (Wildman–Crippen MR) is 84.6 cm³/mol. The molecule has 1 heterocycles. The molecule has 1 unspecified atom stereocenters. The van der Waals surface area contributed by atoms with Gasteiger partial charge in [0.1, 0.15) is 12.1 Å². The Morgan fingerprint density at radius 1 is 1.27 bits per heavy atom. The molecule has 116 valence electrons. The van der Waals surface area contributed by atoms with Crippen LogP contribution in [0.25, 0.3) is 0 Å². The van der Waals surface area contributed by atoms with E-state index in [1.165, 1.54) is 6.33 Å². The van der Waals surface area contributed by atoms with Crippen LogP contribution in [0.5, 0.6) is 5.75 Å². The molecule has 0 saturated heterocycles. The van der Waals surface area contributed by atoms with Gasteiger partial charge in [-0.3, -0.25) is 4.79 Å². The lowest BCUT2D eigenvalue weighted by Gasteiger charge is -2.17. The Kier molecular flexibility index (Phi) is 5.09. The van der Waals surface area contributed by atoms with E-state index >= 15 is 0 Å². The third kappa shape index (κ3) is 4.04. The number of aryl methyl sites for hydroxylation is 2. The first-order valence-electron chi connectivity index (χ1n) is 7.25. The Morgan fingerprint density at radius 3 is 2.77 bits per heavy atom. The molecule has 2 rings (SSSR count). The molecule has 0 fully saturated rings. The highest BCUT2D eigenvalue weighted by Gasteiger charge is 2.15. The summed E-state index contributed by atoms with van der Waals surface area (Å²) in [5.74, 6) is 0.567. The van der Waals surface area contributed by atoms with Crippen LogP contribution in [-0.4, -0.2) is 22.0 Å². The Hall–Kier alpha value is -2.43. The van der Waals surface area contributed by atoms with Crippen LogP contribution in [0.2, 0.25) is 0 Å². The Morgan fingerprint density at radius 2 is 2.05 bits per heavy atom. The summed E-state index contributed by atoms with van der Waals surface area (Å²) < 4.78 is 5.76. The summed E-state index contributed by atoms with van der Waals surface area (Å²) in [6.45, 7) is 7.99. The van der Waals surface area contributed by atoms with E-state index < -0.39 is 6.10 Å². The van der Waals surface area contributed by atoms with Crippen molar-refractivity contribution in [1.29, 1.82) is 0 Å². The Bertz CT molecular complexity index is 671. The molecule has 0 saturated carbocycles. The number of rotatable bonds is 5. The predicted octanol–water partition coefficient (Wildman–Crippen LogP) is 2.49. The third-order valence-corrected chi connectivity index (χ3v) is 3.53. The lowest BCUT2D eigenvalue weighted by atomic mass is 10.1. The number of benzene rings is 1. The fourth-order valence-electron chi connectivity index (χ4n) is 2.02. The van der Waals surface area contributed by atoms with Gasteiger partial charge in [-0.25, -0.2) is 9.97 Å². The van der Waals surface area contributed by atoms with Crippen LogP contribution in [0.1, 0.15) is 29.4 Å². The van der Waals surface area contributed by atoms with E-state index in [1.54, 1.807) is 6.92 Å². The van der Waals surface area contributed by atoms with Crippen molar-refractivity contribution in [3.63, 3.8) is 0 Å². The molecule has 5 nitrogen and oxygen atoms in total. The van der Waals surface area contributed by atoms with Crippen molar-refractivity contribution >= 4 is 5.91 Å². The summed E-state index contributed by atoms with van der Waals surface area (Å²) in [5, 5.41) is 2.83. The van der Waals surface area contributed by atoms with Gasteiger partial charge in [-0.05, 0) is 51.0 Å². The number of ether oxygens (including phenoxy) is 1. The molecule has 0 radical (unpaired) electrons. The van der Waals surface area contributed by atoms with Crippen LogP contribution in [0.4, 0.5) is 0 Å². The molecule has 0 aliphatic carbocycles. The van der Waals surface area contributed by atoms with Crippen molar-refractivity contribution in [2.24, 2.45) is 0 Å². The summed E-state index contributed by atoms with van der Waals surface area (Å²) in [5.41, 5.74) is 3.84. The second-order valence-electron chi connectivity index (χ2n) is 5.33. The normalized spacial score (nSPS) is 11.8. The maximum atomic E-state index is 12.1. The van der Waals surface area contributed by atoms with Gasteiger partial charge in [0.2, 0.25) is 0 Å². The van der Waals surface area contributed by atoms with E-state index in [0.717, 1.165) is 28.3 Å². The van der Waals surface area contributed by atoms with E-state index in [9.17, 15) is 4.79 Å². The number of hydrogen-bond donors (Lipinski definition) is 1. The molecule has 5 heteroatoms. The van der Waals surface area contributed by atoms with Crippen LogP contribution in [-0.2, 0) is 11.3 Å². The lowest BCUT2D eigenvalue weighted by molar-refractivity contribution is -0.127. The highest BCUT2D eigenvalue weighted by molar-refractivity contribution is 5.80. The zero-order chi connectivity index (χ0) is 16.1. The maximum absolute atomic E-state index is 12.1. The summed E-state index contributed by atoms with van der Waals surface area (Å²) in [6, 6.07) is 7.66. The summed E-state index contributed by atoms with van der Waals surface area (Å²) in [4.78, 5) is 20.3. The van der Waals surface area contributed by atoms with Crippen molar-refractivity contribution in [2.75, 3.05) is 0 Å². The molecule has 1 aromatic heterocycles. The van der Waals surface area contributed by atoms with Crippen molar-refractivity contribution < 1.29 is 9.53 Å². The molecular formula is C17H21N3O2. The van der Waals surface area contributed by atoms with Gasteiger partial charge in [0.05, 0.1) is 12.2 Å². The Balaban J connectivity index is 1.93. The molecule has 1 amide bonds. The molecule has 1 aromatic carbocycles. The first kappa shape index (κ1) is 15.9. The number of nitrogens with zero attached hydrogens (tertiary/aromatic N) is 2. The number of carbonyl (C=O) groups is 1. The number of carbonyl (C=O) groups excluding carboxylic acids is 1. The molecule has 0 aliphatic rings. The first-order chi connectivity index (χ1) is 10.5. The largest absolute Gasteiger partial charge is 0.481 e. The minimum absolute atomic E-state index is 0.169. The summed E-state index contributed by atoms with van der Waals surface area (Å²) in [6.07, 6.45) is 0.927. The molecular weight excluding hydrogens is 278 g/mol. The molecule has 22 heavy (non-hydrogen) atoms. The minimum atomic E-state index is -0.566. The third-order valence-electron chi connectivity index (χ3n) is 3.53. The van der Waals surface area contributed by atoms with Crippen LogP contribution in [0.15, 0.2) is 30.6 Å². The van der Waals surface area contributed by atoms with E-state index in [4.69, 9.17) is 4.74 Å². The highest BCUT2D eigenvalue weighted by atomic mass is 16.5. The van der Waals surface area contributed by atoms with E-state index in [2.05, 4.69) is 15.3 Å². The average molecular weight is 299 g/mol. The van der Waals surface area contributed by atoms with E-state index in [1.807, 2.05) is 45.0 Å². The molecule has 0 aliphatic heterocycles. The molecule has 1 atom stereocenters. The van der Waals surface area contributed by atoms with Gasteiger partial charge in [0.25, 0.3) is 5.91 Å². The van der Waals surface area contributed by atoms with E-state index in [0.29, 0.717) is 6.54 Å². The van der Waals surface area contributed by atoms with Gasteiger partial charge in [-0.2, -0.15) is 0 Å². The number of nitrogens with one attached hydrogen (secondary N) is 1. The van der Waals surface area contributed by atoms with Gasteiger partial charge in [0.15, 0.2) is 6.10 Å². The summed E-state index contributed by atoms with van der Waals surface area (Å²) in [7, 11) is 0. The van der Waals surface area contributed by atoms with Gasteiger partial charge in [-0.1, -0.05) is 12.1 Å². The second-order valence-corrected chi connectivity index (χ2v) is 5.33. The topological polar surface area (TPSA) is 64.1 Å². The number of hydrogen-bond acceptors (Lipinski definition) is 4. The summed E-state index contributed by atoms with van der Waals surface area (Å²) >= 11 is 0. The monoisotopic (exact) mass is 299 g/mol. The molecule has 1 N–H and O–H groups in total. The standard InChI is InChI=1S/C17H21N3O2/c1-11-6-5-7-16(13(11)3)22-14(4)17(21)18-9-15-8-12(2)19-10-20-15/h5-8,10,14H,9H2,1-4H3,(H,18,21). The molecule has 2 aromatic rings.